The Balaban J connectivity index is 1.36. The molecule has 7 rings (SSSR count). The highest BCUT2D eigenvalue weighted by Crippen LogP contribution is 2.39. The third-order valence-corrected chi connectivity index (χ3v) is 9.34. The van der Waals surface area contributed by atoms with Crippen LogP contribution in [0, 0.1) is 17.7 Å². The molecule has 1 saturated heterocycles. The molecule has 0 unspecified atom stereocenters. The number of nitrogens with zero attached hydrogens (tertiary/aromatic N) is 5. The van der Waals surface area contributed by atoms with Crippen LogP contribution in [0.2, 0.25) is 0 Å². The summed E-state index contributed by atoms with van der Waals surface area (Å²) in [5, 5.41) is 0.998. The summed E-state index contributed by atoms with van der Waals surface area (Å²) >= 11 is 0. The maximum absolute atomic E-state index is 15.8. The lowest BCUT2D eigenvalue weighted by molar-refractivity contribution is 0.0700. The summed E-state index contributed by atoms with van der Waals surface area (Å²) < 4.78 is 31.9. The first-order valence-electron chi connectivity index (χ1n) is 13.4. The molecule has 2 N–H and O–H groups in total. The van der Waals surface area contributed by atoms with Crippen molar-refractivity contribution in [3.05, 3.63) is 47.9 Å². The number of imidazole rings is 1. The summed E-state index contributed by atoms with van der Waals surface area (Å²) in [4.78, 5) is 24.8. The summed E-state index contributed by atoms with van der Waals surface area (Å²) in [7, 11) is -1.06. The first-order valence-corrected chi connectivity index (χ1v) is 15.1. The number of hydrogen-bond donors (Lipinski definition) is 1. The minimum absolute atomic E-state index is 0.00440. The van der Waals surface area contributed by atoms with Crippen LogP contribution in [-0.4, -0.2) is 64.8 Å². The summed E-state index contributed by atoms with van der Waals surface area (Å²) in [5.74, 6) is 1.20. The van der Waals surface area contributed by atoms with Crippen LogP contribution in [0.4, 0.5) is 4.39 Å². The van der Waals surface area contributed by atoms with Crippen molar-refractivity contribution in [3.8, 4) is 11.5 Å². The molecule has 4 aromatic rings. The Morgan fingerprint density at radius 2 is 2.03 bits per heavy atom. The Labute approximate surface area is 222 Å². The van der Waals surface area contributed by atoms with E-state index >= 15 is 4.39 Å². The van der Waals surface area contributed by atoms with Crippen molar-refractivity contribution in [2.45, 2.75) is 50.9 Å². The highest BCUT2D eigenvalue weighted by Gasteiger charge is 2.47. The summed E-state index contributed by atoms with van der Waals surface area (Å²) in [5.41, 5.74) is 9.12. The second-order valence-electron chi connectivity index (χ2n) is 11.1. The molecule has 2 saturated carbocycles. The minimum Gasteiger partial charge on any atom is -0.334 e. The molecule has 1 aliphatic heterocycles. The second kappa shape index (κ2) is 8.98. The van der Waals surface area contributed by atoms with Crippen LogP contribution in [0.15, 0.2) is 36.5 Å². The zero-order chi connectivity index (χ0) is 26.1. The van der Waals surface area contributed by atoms with E-state index in [9.17, 15) is 9.00 Å². The van der Waals surface area contributed by atoms with Gasteiger partial charge in [-0.3, -0.25) is 9.00 Å². The van der Waals surface area contributed by atoms with Gasteiger partial charge in [0.15, 0.2) is 5.82 Å². The zero-order valence-corrected chi connectivity index (χ0v) is 22.2. The molecule has 3 aliphatic rings. The number of rotatable bonds is 7. The van der Waals surface area contributed by atoms with Crippen LogP contribution in [0.5, 0.6) is 0 Å². The van der Waals surface area contributed by atoms with Gasteiger partial charge in [-0.05, 0) is 67.9 Å². The number of piperidine rings is 1. The van der Waals surface area contributed by atoms with E-state index in [4.69, 9.17) is 10.7 Å². The van der Waals surface area contributed by atoms with Gasteiger partial charge in [0.1, 0.15) is 17.0 Å². The number of fused-ring (bicyclic) bond motifs is 4. The number of carbonyl (C=O) groups is 1. The SMILES string of the molecule is C[S@@](=O)CCn1c(-c2cc3cccnc3n2CC2CC2)nc2cc(C(=O)N3C[C@H]4CC[C@@H]3[C@@H]4N)cc(F)c21. The van der Waals surface area contributed by atoms with E-state index in [1.165, 1.54) is 18.9 Å². The van der Waals surface area contributed by atoms with Crippen molar-refractivity contribution in [1.29, 1.82) is 0 Å². The number of benzene rings is 1. The number of halogens is 1. The van der Waals surface area contributed by atoms with E-state index in [1.54, 1.807) is 18.5 Å². The van der Waals surface area contributed by atoms with E-state index in [2.05, 4.69) is 15.6 Å². The predicted molar refractivity (Wildman–Crippen MR) is 146 cm³/mol. The summed E-state index contributed by atoms with van der Waals surface area (Å²) in [6, 6.07) is 9.03. The van der Waals surface area contributed by atoms with Gasteiger partial charge >= 0.3 is 0 Å². The van der Waals surface area contributed by atoms with E-state index < -0.39 is 16.6 Å². The molecule has 4 heterocycles. The van der Waals surface area contributed by atoms with Crippen molar-refractivity contribution < 1.29 is 13.4 Å². The summed E-state index contributed by atoms with van der Waals surface area (Å²) in [6.45, 7) is 1.80. The largest absolute Gasteiger partial charge is 0.334 e. The monoisotopic (exact) mass is 534 g/mol. The molecule has 198 valence electrons. The predicted octanol–water partition coefficient (Wildman–Crippen LogP) is 3.54. The fourth-order valence-corrected chi connectivity index (χ4v) is 6.88. The lowest BCUT2D eigenvalue weighted by atomic mass is 10.1. The van der Waals surface area contributed by atoms with Crippen LogP contribution >= 0.6 is 0 Å². The van der Waals surface area contributed by atoms with Gasteiger partial charge in [0, 0.05) is 71.7 Å². The molecular formula is C28H31FN6O2S. The first-order chi connectivity index (χ1) is 18.4. The number of nitrogens with two attached hydrogens (primary N) is 1. The van der Waals surface area contributed by atoms with Crippen LogP contribution in [0.1, 0.15) is 36.0 Å². The van der Waals surface area contributed by atoms with Crippen molar-refractivity contribution >= 4 is 38.8 Å². The van der Waals surface area contributed by atoms with Crippen molar-refractivity contribution in [1.82, 2.24) is 24.0 Å². The molecule has 38 heavy (non-hydrogen) atoms. The normalized spacial score (nSPS) is 23.7. The van der Waals surface area contributed by atoms with Crippen molar-refractivity contribution in [3.63, 3.8) is 0 Å². The van der Waals surface area contributed by atoms with Gasteiger partial charge in [0.25, 0.3) is 5.91 Å². The van der Waals surface area contributed by atoms with Gasteiger partial charge in [-0.2, -0.15) is 0 Å². The molecule has 2 aliphatic carbocycles. The van der Waals surface area contributed by atoms with Crippen molar-refractivity contribution in [2.75, 3.05) is 18.6 Å². The Morgan fingerprint density at radius 3 is 2.74 bits per heavy atom. The molecule has 8 nitrogen and oxygen atoms in total. The van der Waals surface area contributed by atoms with Gasteiger partial charge in [-0.15, -0.1) is 0 Å². The van der Waals surface area contributed by atoms with E-state index in [0.29, 0.717) is 53.1 Å². The standard InChI is InChI=1S/C28H31FN6O2S/c1-38(37)10-9-33-25-20(29)11-19(28(36)35-15-18-6-7-22(35)24(18)30)12-21(25)32-27(33)23-13-17-3-2-8-31-26(17)34(23)14-16-4-5-16/h2-3,8,11-13,16,18,22,24H,4-7,9-10,14-15,30H2,1H3/t18-,22-,24-,38-/m1/s1. The third-order valence-electron chi connectivity index (χ3n) is 8.58. The van der Waals surface area contributed by atoms with Crippen LogP contribution in [0.3, 0.4) is 0 Å². The molecule has 3 aromatic heterocycles. The zero-order valence-electron chi connectivity index (χ0n) is 21.3. The Morgan fingerprint density at radius 1 is 1.18 bits per heavy atom. The fourth-order valence-electron chi connectivity index (χ4n) is 6.44. The van der Waals surface area contributed by atoms with Gasteiger partial charge in [-0.1, -0.05) is 0 Å². The smallest absolute Gasteiger partial charge is 0.254 e. The Bertz CT molecular complexity index is 1610. The van der Waals surface area contributed by atoms with E-state index in [0.717, 1.165) is 36.1 Å². The average Bonchev–Trinajstić information content (AvgIpc) is 3.25. The van der Waals surface area contributed by atoms with Gasteiger partial charge in [0.2, 0.25) is 0 Å². The molecule has 0 spiro atoms. The molecular weight excluding hydrogens is 503 g/mol. The molecule has 2 bridgehead atoms. The number of likely N-dealkylation sites (tertiary alicyclic amines) is 1. The second-order valence-corrected chi connectivity index (χ2v) is 12.7. The Kier molecular flexibility index (Phi) is 5.66. The van der Waals surface area contributed by atoms with E-state index in [1.807, 2.05) is 21.6 Å². The molecule has 10 heteroatoms. The lowest BCUT2D eigenvalue weighted by Crippen LogP contribution is -2.41. The molecule has 1 amide bonds. The number of aryl methyl sites for hydroxylation is 1. The quantitative estimate of drug-likeness (QED) is 0.391. The average molecular weight is 535 g/mol. The number of amides is 1. The highest BCUT2D eigenvalue weighted by atomic mass is 32.2. The molecule has 3 fully saturated rings. The first kappa shape index (κ1) is 24.0. The van der Waals surface area contributed by atoms with Crippen molar-refractivity contribution in [2.24, 2.45) is 17.6 Å². The molecule has 4 atom stereocenters. The number of hydrogen-bond acceptors (Lipinski definition) is 5. The van der Waals surface area contributed by atoms with Crippen LogP contribution < -0.4 is 5.73 Å². The maximum Gasteiger partial charge on any atom is 0.254 e. The molecule has 1 aromatic carbocycles. The molecule has 0 radical (unpaired) electrons. The van der Waals surface area contributed by atoms with E-state index in [-0.39, 0.29) is 18.0 Å². The Hall–Kier alpha value is -3.11. The maximum atomic E-state index is 15.8. The topological polar surface area (TPSA) is 99.0 Å². The highest BCUT2D eigenvalue weighted by molar-refractivity contribution is 7.84. The van der Waals surface area contributed by atoms with Crippen LogP contribution in [-0.2, 0) is 23.9 Å². The summed E-state index contributed by atoms with van der Waals surface area (Å²) in [6.07, 6.45) is 7.73. The number of aromatic nitrogens is 4. The van der Waals surface area contributed by atoms with Gasteiger partial charge in [-0.25, -0.2) is 14.4 Å². The minimum atomic E-state index is -1.06. The lowest BCUT2D eigenvalue weighted by Gasteiger charge is -2.27. The van der Waals surface area contributed by atoms with Crippen LogP contribution in [0.25, 0.3) is 33.6 Å². The van der Waals surface area contributed by atoms with Gasteiger partial charge < -0.3 is 19.8 Å². The number of carbonyl (C=O) groups excluding carboxylic acids is 1. The van der Waals surface area contributed by atoms with Gasteiger partial charge in [0.05, 0.1) is 11.2 Å². The fraction of sp³-hybridized carbons (Fsp3) is 0.464. The number of pyridine rings is 1. The third kappa shape index (κ3) is 3.88.